The number of amides is 1. The van der Waals surface area contributed by atoms with Gasteiger partial charge in [0.15, 0.2) is 10.6 Å². The van der Waals surface area contributed by atoms with E-state index in [1.807, 2.05) is 13.8 Å². The summed E-state index contributed by atoms with van der Waals surface area (Å²) in [6.45, 7) is 5.89. The molecule has 1 aliphatic rings. The summed E-state index contributed by atoms with van der Waals surface area (Å²) in [4.78, 5) is 26.7. The molecule has 0 radical (unpaired) electrons. The molecule has 0 N–H and O–H groups in total. The van der Waals surface area contributed by atoms with E-state index in [9.17, 15) is 14.0 Å². The molecule has 1 aromatic carbocycles. The number of rotatable bonds is 5. The van der Waals surface area contributed by atoms with Crippen molar-refractivity contribution < 1.29 is 14.0 Å². The molecular formula is C17H21Cl2FN2O2. The van der Waals surface area contributed by atoms with Gasteiger partial charge in [0.05, 0.1) is 6.42 Å². The third kappa shape index (κ3) is 4.91. The zero-order valence-corrected chi connectivity index (χ0v) is 15.2. The van der Waals surface area contributed by atoms with Crippen LogP contribution in [0.4, 0.5) is 4.39 Å². The van der Waals surface area contributed by atoms with Crippen LogP contribution in [0.2, 0.25) is 0 Å². The lowest BCUT2D eigenvalue weighted by atomic mass is 10.1. The van der Waals surface area contributed by atoms with Crippen molar-refractivity contribution in [3.8, 4) is 0 Å². The van der Waals surface area contributed by atoms with Crippen LogP contribution in [0.25, 0.3) is 0 Å². The monoisotopic (exact) mass is 374 g/mol. The van der Waals surface area contributed by atoms with E-state index in [2.05, 4.69) is 4.90 Å². The number of ketones is 1. The number of hydrogen-bond donors (Lipinski definition) is 0. The molecule has 1 aromatic rings. The summed E-state index contributed by atoms with van der Waals surface area (Å²) in [5, 5.41) is 0. The third-order valence-electron chi connectivity index (χ3n) is 4.30. The second-order valence-corrected chi connectivity index (χ2v) is 7.34. The third-order valence-corrected chi connectivity index (χ3v) is 4.79. The van der Waals surface area contributed by atoms with Gasteiger partial charge < -0.3 is 4.90 Å². The predicted octanol–water partition coefficient (Wildman–Crippen LogP) is 3.01. The van der Waals surface area contributed by atoms with Crippen LogP contribution in [-0.2, 0) is 16.1 Å². The Kier molecular flexibility index (Phi) is 6.61. The molecule has 0 bridgehead atoms. The minimum absolute atomic E-state index is 0.0222. The van der Waals surface area contributed by atoms with E-state index < -0.39 is 10.6 Å². The Morgan fingerprint density at radius 1 is 1.17 bits per heavy atom. The van der Waals surface area contributed by atoms with Crippen LogP contribution in [0, 0.1) is 5.82 Å². The molecule has 1 heterocycles. The number of halogens is 3. The molecule has 0 aliphatic carbocycles. The molecule has 1 amide bonds. The lowest BCUT2D eigenvalue weighted by molar-refractivity contribution is -0.140. The highest BCUT2D eigenvalue weighted by atomic mass is 35.5. The van der Waals surface area contributed by atoms with E-state index in [1.54, 1.807) is 17.0 Å². The zero-order valence-electron chi connectivity index (χ0n) is 13.7. The molecule has 0 spiro atoms. The quantitative estimate of drug-likeness (QED) is 0.587. The molecule has 4 nitrogen and oxygen atoms in total. The van der Waals surface area contributed by atoms with E-state index >= 15 is 0 Å². The molecule has 0 aromatic heterocycles. The summed E-state index contributed by atoms with van der Waals surface area (Å²) in [5.41, 5.74) is 1.03. The number of Topliss-reactive ketones (excluding diaryl/α,β-unsaturated/α-hetero) is 1. The van der Waals surface area contributed by atoms with Crippen molar-refractivity contribution in [1.82, 2.24) is 9.80 Å². The molecular weight excluding hydrogens is 354 g/mol. The van der Waals surface area contributed by atoms with E-state index in [4.69, 9.17) is 23.2 Å². The lowest BCUT2D eigenvalue weighted by Crippen LogP contribution is -2.57. The van der Waals surface area contributed by atoms with E-state index in [-0.39, 0.29) is 30.2 Å². The standard InChI is InChI=1S/C17H21Cl2FN2O2/c1-11-9-22(16(24)7-15(23)17(18)19)12(2)8-21(11)10-13-3-5-14(20)6-4-13/h3-6,11-12,17H,7-10H2,1-2H3. The maximum absolute atomic E-state index is 13.0. The van der Waals surface area contributed by atoms with E-state index in [0.29, 0.717) is 19.6 Å². The van der Waals surface area contributed by atoms with Gasteiger partial charge in [-0.2, -0.15) is 0 Å². The Hall–Kier alpha value is -1.17. The average molecular weight is 375 g/mol. The minimum Gasteiger partial charge on any atom is -0.337 e. The van der Waals surface area contributed by atoms with Crippen molar-refractivity contribution in [1.29, 1.82) is 0 Å². The Balaban J connectivity index is 1.97. The van der Waals surface area contributed by atoms with Gasteiger partial charge in [0, 0.05) is 31.7 Å². The number of benzene rings is 1. The number of carbonyl (C=O) groups is 2. The first-order valence-electron chi connectivity index (χ1n) is 7.86. The maximum Gasteiger partial charge on any atom is 0.230 e. The SMILES string of the molecule is CC1CN(C(=O)CC(=O)C(Cl)Cl)C(C)CN1Cc1ccc(F)cc1. The van der Waals surface area contributed by atoms with Crippen molar-refractivity contribution in [2.24, 2.45) is 0 Å². The molecule has 24 heavy (non-hydrogen) atoms. The molecule has 0 saturated carbocycles. The highest BCUT2D eigenvalue weighted by Gasteiger charge is 2.33. The van der Waals surface area contributed by atoms with Crippen LogP contribution in [0.3, 0.4) is 0 Å². The van der Waals surface area contributed by atoms with Gasteiger partial charge in [0.25, 0.3) is 0 Å². The summed E-state index contributed by atoms with van der Waals surface area (Å²) in [6, 6.07) is 6.54. The largest absolute Gasteiger partial charge is 0.337 e. The predicted molar refractivity (Wildman–Crippen MR) is 92.6 cm³/mol. The van der Waals surface area contributed by atoms with Gasteiger partial charge in [-0.3, -0.25) is 14.5 Å². The summed E-state index contributed by atoms with van der Waals surface area (Å²) >= 11 is 11.0. The molecule has 7 heteroatoms. The van der Waals surface area contributed by atoms with E-state index in [1.165, 1.54) is 12.1 Å². The summed E-state index contributed by atoms with van der Waals surface area (Å²) in [7, 11) is 0. The molecule has 1 fully saturated rings. The minimum atomic E-state index is -1.17. The van der Waals surface area contributed by atoms with Crippen molar-refractivity contribution in [3.05, 3.63) is 35.6 Å². The first-order chi connectivity index (χ1) is 11.3. The summed E-state index contributed by atoms with van der Waals surface area (Å²) in [5.74, 6) is -0.971. The highest BCUT2D eigenvalue weighted by molar-refractivity contribution is 6.54. The maximum atomic E-state index is 13.0. The summed E-state index contributed by atoms with van der Waals surface area (Å²) < 4.78 is 13.0. The van der Waals surface area contributed by atoms with Gasteiger partial charge in [0.1, 0.15) is 5.82 Å². The van der Waals surface area contributed by atoms with Gasteiger partial charge in [-0.15, -0.1) is 0 Å². The Morgan fingerprint density at radius 2 is 1.79 bits per heavy atom. The fourth-order valence-corrected chi connectivity index (χ4v) is 3.07. The first kappa shape index (κ1) is 19.2. The Bertz CT molecular complexity index is 595. The topological polar surface area (TPSA) is 40.6 Å². The molecule has 2 rings (SSSR count). The van der Waals surface area contributed by atoms with Crippen LogP contribution >= 0.6 is 23.2 Å². The second kappa shape index (κ2) is 8.28. The van der Waals surface area contributed by atoms with Crippen LogP contribution < -0.4 is 0 Å². The van der Waals surface area contributed by atoms with Crippen molar-refractivity contribution >= 4 is 34.9 Å². The fourth-order valence-electron chi connectivity index (χ4n) is 2.92. The number of carbonyl (C=O) groups excluding carboxylic acids is 2. The molecule has 2 atom stereocenters. The van der Waals surface area contributed by atoms with Crippen LogP contribution in [0.5, 0.6) is 0 Å². The van der Waals surface area contributed by atoms with Crippen LogP contribution in [0.15, 0.2) is 24.3 Å². The number of nitrogens with zero attached hydrogens (tertiary/aromatic N) is 2. The molecule has 1 aliphatic heterocycles. The highest BCUT2D eigenvalue weighted by Crippen LogP contribution is 2.20. The second-order valence-electron chi connectivity index (χ2n) is 6.24. The number of hydrogen-bond acceptors (Lipinski definition) is 3. The molecule has 1 saturated heterocycles. The van der Waals surface area contributed by atoms with Crippen molar-refractivity contribution in [2.75, 3.05) is 13.1 Å². The lowest BCUT2D eigenvalue weighted by Gasteiger charge is -2.44. The van der Waals surface area contributed by atoms with Gasteiger partial charge in [-0.05, 0) is 31.5 Å². The van der Waals surface area contributed by atoms with Gasteiger partial charge in [-0.1, -0.05) is 35.3 Å². The average Bonchev–Trinajstić information content (AvgIpc) is 2.52. The normalized spacial score (nSPS) is 22.0. The van der Waals surface area contributed by atoms with Crippen molar-refractivity contribution in [2.45, 2.75) is 43.7 Å². The zero-order chi connectivity index (χ0) is 17.9. The Morgan fingerprint density at radius 3 is 2.38 bits per heavy atom. The number of piperazine rings is 1. The van der Waals surface area contributed by atoms with Gasteiger partial charge in [0.2, 0.25) is 5.91 Å². The van der Waals surface area contributed by atoms with Crippen molar-refractivity contribution in [3.63, 3.8) is 0 Å². The summed E-state index contributed by atoms with van der Waals surface area (Å²) in [6.07, 6.45) is -0.271. The van der Waals surface area contributed by atoms with Crippen LogP contribution in [-0.4, -0.2) is 51.5 Å². The van der Waals surface area contributed by atoms with Gasteiger partial charge in [-0.25, -0.2) is 4.39 Å². The Labute approximate surface area is 151 Å². The van der Waals surface area contributed by atoms with Gasteiger partial charge >= 0.3 is 0 Å². The molecule has 2 unspecified atom stereocenters. The number of alkyl halides is 2. The smallest absolute Gasteiger partial charge is 0.230 e. The van der Waals surface area contributed by atoms with Crippen LogP contribution in [0.1, 0.15) is 25.8 Å². The first-order valence-corrected chi connectivity index (χ1v) is 8.74. The fraction of sp³-hybridized carbons (Fsp3) is 0.529. The van der Waals surface area contributed by atoms with E-state index in [0.717, 1.165) is 5.56 Å². The molecule has 132 valence electrons.